The first-order valence-corrected chi connectivity index (χ1v) is 8.46. The van der Waals surface area contributed by atoms with Crippen molar-refractivity contribution in [2.45, 2.75) is 31.5 Å². The van der Waals surface area contributed by atoms with Crippen LogP contribution >= 0.6 is 0 Å². The monoisotopic (exact) mass is 344 g/mol. The number of amides is 1. The van der Waals surface area contributed by atoms with Crippen molar-refractivity contribution in [2.24, 2.45) is 0 Å². The highest BCUT2D eigenvalue weighted by Gasteiger charge is 2.29. The molecule has 2 heterocycles. The molecule has 0 radical (unpaired) electrons. The topological polar surface area (TPSA) is 98.5 Å². The van der Waals surface area contributed by atoms with Crippen molar-refractivity contribution in [3.63, 3.8) is 0 Å². The Bertz CT molecular complexity index is 721. The largest absolute Gasteiger partial charge is 0.485 e. The van der Waals surface area contributed by atoms with Crippen LogP contribution in [0.15, 0.2) is 28.8 Å². The second-order valence-corrected chi connectivity index (χ2v) is 6.19. The van der Waals surface area contributed by atoms with E-state index in [-0.39, 0.29) is 12.5 Å². The summed E-state index contributed by atoms with van der Waals surface area (Å²) in [6.45, 7) is 2.10. The van der Waals surface area contributed by atoms with Gasteiger partial charge < -0.3 is 24.6 Å². The number of nitrogens with one attached hydrogen (secondary N) is 2. The van der Waals surface area contributed by atoms with Gasteiger partial charge >= 0.3 is 0 Å². The minimum Gasteiger partial charge on any atom is -0.485 e. The van der Waals surface area contributed by atoms with E-state index in [1.54, 1.807) is 24.3 Å². The third-order valence-electron chi connectivity index (χ3n) is 4.12. The van der Waals surface area contributed by atoms with Gasteiger partial charge in [0, 0.05) is 24.7 Å². The summed E-state index contributed by atoms with van der Waals surface area (Å²) in [6.07, 6.45) is 1.79. The zero-order chi connectivity index (χ0) is 17.1. The van der Waals surface area contributed by atoms with Gasteiger partial charge in [0.1, 0.15) is 11.9 Å². The molecule has 8 heteroatoms. The van der Waals surface area contributed by atoms with E-state index in [1.807, 2.05) is 0 Å². The molecule has 1 aromatic heterocycles. The average molecular weight is 344 g/mol. The number of rotatable bonds is 6. The van der Waals surface area contributed by atoms with Crippen LogP contribution in [0.2, 0.25) is 0 Å². The third-order valence-corrected chi connectivity index (χ3v) is 4.12. The van der Waals surface area contributed by atoms with Crippen LogP contribution < -0.4 is 15.4 Å². The number of aromatic nitrogens is 2. The molecule has 1 atom stereocenters. The number of anilines is 1. The maximum atomic E-state index is 12.1. The highest BCUT2D eigenvalue weighted by atomic mass is 16.5. The molecule has 2 aliphatic rings. The number of benzene rings is 1. The Morgan fingerprint density at radius 1 is 1.32 bits per heavy atom. The number of hydrogen-bond donors (Lipinski definition) is 2. The van der Waals surface area contributed by atoms with Crippen LogP contribution in [0.3, 0.4) is 0 Å². The number of morpholine rings is 1. The number of ether oxygens (including phenoxy) is 2. The van der Waals surface area contributed by atoms with Crippen LogP contribution in [0, 0.1) is 0 Å². The number of hydrogen-bond acceptors (Lipinski definition) is 7. The molecule has 132 valence electrons. The summed E-state index contributed by atoms with van der Waals surface area (Å²) in [6, 6.07) is 7.15. The normalized spacial score (nSPS) is 20.2. The fourth-order valence-electron chi connectivity index (χ4n) is 2.56. The Hall–Kier alpha value is -2.45. The van der Waals surface area contributed by atoms with Crippen molar-refractivity contribution in [1.29, 1.82) is 0 Å². The number of carbonyl (C=O) groups is 1. The predicted molar refractivity (Wildman–Crippen MR) is 88.3 cm³/mol. The van der Waals surface area contributed by atoms with E-state index in [2.05, 4.69) is 20.8 Å². The molecule has 2 fully saturated rings. The van der Waals surface area contributed by atoms with E-state index < -0.39 is 6.10 Å². The van der Waals surface area contributed by atoms with Gasteiger partial charge in [-0.05, 0) is 37.1 Å². The molecule has 25 heavy (non-hydrogen) atoms. The van der Waals surface area contributed by atoms with Crippen LogP contribution in [-0.2, 0) is 16.1 Å². The van der Waals surface area contributed by atoms with Crippen molar-refractivity contribution in [2.75, 3.05) is 25.0 Å². The van der Waals surface area contributed by atoms with Gasteiger partial charge in [-0.1, -0.05) is 5.16 Å². The Morgan fingerprint density at radius 3 is 2.88 bits per heavy atom. The van der Waals surface area contributed by atoms with Gasteiger partial charge in [0.15, 0.2) is 6.61 Å². The van der Waals surface area contributed by atoms with Crippen molar-refractivity contribution in [3.8, 4) is 5.75 Å². The Labute approximate surface area is 144 Å². The minimum absolute atomic E-state index is 0.153. The van der Waals surface area contributed by atoms with Gasteiger partial charge in [-0.2, -0.15) is 4.98 Å². The Morgan fingerprint density at radius 2 is 2.16 bits per heavy atom. The SMILES string of the molecule is O=C(Nc1ccc(OCc2noc(C3CC3)n2)cc1)C1CNCCO1. The van der Waals surface area contributed by atoms with E-state index in [0.717, 1.165) is 19.4 Å². The summed E-state index contributed by atoms with van der Waals surface area (Å²) in [5, 5.41) is 9.88. The molecule has 2 aromatic rings. The zero-order valence-electron chi connectivity index (χ0n) is 13.7. The maximum absolute atomic E-state index is 12.1. The van der Waals surface area contributed by atoms with Gasteiger partial charge in [-0.15, -0.1) is 0 Å². The standard InChI is InChI=1S/C17H20N4O4/c22-16(14-9-18-7-8-23-14)19-12-3-5-13(6-4-12)24-10-15-20-17(25-21-15)11-1-2-11/h3-6,11,14,18H,1-2,7-10H2,(H,19,22). The molecule has 1 aliphatic heterocycles. The van der Waals surface area contributed by atoms with Crippen LogP contribution in [0.25, 0.3) is 0 Å². The molecule has 1 unspecified atom stereocenters. The van der Waals surface area contributed by atoms with E-state index >= 15 is 0 Å². The summed E-state index contributed by atoms with van der Waals surface area (Å²) in [7, 11) is 0. The van der Waals surface area contributed by atoms with Crippen molar-refractivity contribution in [1.82, 2.24) is 15.5 Å². The van der Waals surface area contributed by atoms with Crippen LogP contribution in [0.5, 0.6) is 5.75 Å². The van der Waals surface area contributed by atoms with Crippen molar-refractivity contribution < 1.29 is 18.8 Å². The lowest BCUT2D eigenvalue weighted by Gasteiger charge is -2.22. The lowest BCUT2D eigenvalue weighted by molar-refractivity contribution is -0.128. The van der Waals surface area contributed by atoms with Gasteiger partial charge in [0.25, 0.3) is 5.91 Å². The molecular weight excluding hydrogens is 324 g/mol. The predicted octanol–water partition coefficient (Wildman–Crippen LogP) is 1.45. The lowest BCUT2D eigenvalue weighted by atomic mass is 10.2. The Balaban J connectivity index is 1.28. The third kappa shape index (κ3) is 4.15. The minimum atomic E-state index is -0.455. The van der Waals surface area contributed by atoms with E-state index in [1.165, 1.54) is 0 Å². The van der Waals surface area contributed by atoms with E-state index in [4.69, 9.17) is 14.0 Å². The first kappa shape index (κ1) is 16.0. The number of nitrogens with zero attached hydrogens (tertiary/aromatic N) is 2. The fraction of sp³-hybridized carbons (Fsp3) is 0.471. The lowest BCUT2D eigenvalue weighted by Crippen LogP contribution is -2.45. The summed E-state index contributed by atoms with van der Waals surface area (Å²) >= 11 is 0. The van der Waals surface area contributed by atoms with Gasteiger partial charge in [-0.25, -0.2) is 0 Å². The second-order valence-electron chi connectivity index (χ2n) is 6.19. The first-order chi connectivity index (χ1) is 12.3. The number of carbonyl (C=O) groups excluding carboxylic acids is 1. The molecule has 1 saturated heterocycles. The fourth-order valence-corrected chi connectivity index (χ4v) is 2.56. The van der Waals surface area contributed by atoms with Gasteiger partial charge in [0.05, 0.1) is 6.61 Å². The quantitative estimate of drug-likeness (QED) is 0.818. The molecule has 1 aliphatic carbocycles. The molecule has 0 bridgehead atoms. The average Bonchev–Trinajstić information content (AvgIpc) is 3.40. The van der Waals surface area contributed by atoms with Crippen molar-refractivity contribution in [3.05, 3.63) is 36.0 Å². The molecular formula is C17H20N4O4. The van der Waals surface area contributed by atoms with Crippen LogP contribution in [0.1, 0.15) is 30.5 Å². The molecule has 4 rings (SSSR count). The Kier molecular flexibility index (Phi) is 4.62. The maximum Gasteiger partial charge on any atom is 0.254 e. The summed E-state index contributed by atoms with van der Waals surface area (Å²) in [5.74, 6) is 2.21. The molecule has 1 saturated carbocycles. The van der Waals surface area contributed by atoms with Crippen LogP contribution in [-0.4, -0.2) is 41.8 Å². The summed E-state index contributed by atoms with van der Waals surface area (Å²) in [5.41, 5.74) is 0.696. The molecule has 1 aromatic carbocycles. The second kappa shape index (κ2) is 7.20. The van der Waals surface area contributed by atoms with Gasteiger partial charge in [0.2, 0.25) is 11.7 Å². The highest BCUT2D eigenvalue weighted by molar-refractivity contribution is 5.94. The van der Waals surface area contributed by atoms with Crippen molar-refractivity contribution >= 4 is 11.6 Å². The zero-order valence-corrected chi connectivity index (χ0v) is 13.7. The smallest absolute Gasteiger partial charge is 0.254 e. The summed E-state index contributed by atoms with van der Waals surface area (Å²) < 4.78 is 16.3. The van der Waals surface area contributed by atoms with E-state index in [9.17, 15) is 4.79 Å². The van der Waals surface area contributed by atoms with Gasteiger partial charge in [-0.3, -0.25) is 4.79 Å². The molecule has 1 amide bonds. The molecule has 2 N–H and O–H groups in total. The molecule has 8 nitrogen and oxygen atoms in total. The summed E-state index contributed by atoms with van der Waals surface area (Å²) in [4.78, 5) is 16.4. The van der Waals surface area contributed by atoms with E-state index in [0.29, 0.717) is 42.2 Å². The molecule has 0 spiro atoms. The van der Waals surface area contributed by atoms with Crippen LogP contribution in [0.4, 0.5) is 5.69 Å². The first-order valence-electron chi connectivity index (χ1n) is 8.46. The highest BCUT2D eigenvalue weighted by Crippen LogP contribution is 2.38.